The normalized spacial score (nSPS) is 12.0. The smallest absolute Gasteiger partial charge is 0.471 e. The molecule has 2 amide bonds. The summed E-state index contributed by atoms with van der Waals surface area (Å²) >= 11 is 0. The van der Waals surface area contributed by atoms with Crippen molar-refractivity contribution >= 4 is 20.2 Å². The number of halogens is 6. The van der Waals surface area contributed by atoms with E-state index in [9.17, 15) is 41.0 Å². The number of ether oxygens (including phenoxy) is 1. The summed E-state index contributed by atoms with van der Waals surface area (Å²) in [4.78, 5) is 21.4. The number of carbonyl (C=O) groups excluding carboxylic acids is 2. The van der Waals surface area contributed by atoms with Crippen LogP contribution in [0.2, 0.25) is 0 Å². The summed E-state index contributed by atoms with van der Waals surface area (Å²) in [7, 11) is 0. The van der Waals surface area contributed by atoms with Gasteiger partial charge in [0.05, 0.1) is 0 Å². The molecule has 0 spiro atoms. The van der Waals surface area contributed by atoms with Gasteiger partial charge in [-0.05, 0) is 59.2 Å². The Morgan fingerprint density at radius 1 is 0.771 bits per heavy atom. The van der Waals surface area contributed by atoms with Gasteiger partial charge >= 0.3 is 24.2 Å². The molecular formula is C35H40BF6N2O4. The first kappa shape index (κ1) is 41.6. The van der Waals surface area contributed by atoms with Crippen LogP contribution in [-0.4, -0.2) is 50.8 Å². The molecular weight excluding hydrogens is 637 g/mol. The van der Waals surface area contributed by atoms with E-state index in [1.165, 1.54) is 6.08 Å². The van der Waals surface area contributed by atoms with E-state index in [1.54, 1.807) is 24.3 Å². The number of aromatic hydroxyl groups is 1. The van der Waals surface area contributed by atoms with Gasteiger partial charge in [0.1, 0.15) is 18.1 Å². The highest BCUT2D eigenvalue weighted by Crippen LogP contribution is 2.30. The molecule has 0 saturated carbocycles. The summed E-state index contributed by atoms with van der Waals surface area (Å²) in [6.07, 6.45) is -5.41. The van der Waals surface area contributed by atoms with Crippen LogP contribution in [-0.2, 0) is 27.0 Å². The van der Waals surface area contributed by atoms with Crippen molar-refractivity contribution in [3.8, 4) is 11.5 Å². The van der Waals surface area contributed by atoms with Gasteiger partial charge in [0.25, 0.3) is 0 Å². The SMILES string of the molecule is CC(C)(/C=C/CNC(=O)C(F)(F)F)c1cccc(OCc2ccccc2)c1.CC(C)(CCCNC(=O)C(F)(F)F)c1cccc(O)c1.[B]. The average Bonchev–Trinajstić information content (AvgIpc) is 3.00. The van der Waals surface area contributed by atoms with Crippen LogP contribution in [0, 0.1) is 0 Å². The highest BCUT2D eigenvalue weighted by Gasteiger charge is 2.38. The predicted molar refractivity (Wildman–Crippen MR) is 174 cm³/mol. The molecule has 0 unspecified atom stereocenters. The minimum atomic E-state index is -4.87. The van der Waals surface area contributed by atoms with E-state index in [0.717, 1.165) is 16.7 Å². The third kappa shape index (κ3) is 14.6. The van der Waals surface area contributed by atoms with Gasteiger partial charge in [-0.15, -0.1) is 0 Å². The number of nitrogens with one attached hydrogen (secondary N) is 2. The lowest BCUT2D eigenvalue weighted by atomic mass is 9.80. The Labute approximate surface area is 279 Å². The zero-order valence-electron chi connectivity index (χ0n) is 27.2. The Kier molecular flexibility index (Phi) is 15.8. The van der Waals surface area contributed by atoms with Crippen LogP contribution in [0.25, 0.3) is 0 Å². The molecule has 3 rings (SSSR count). The Morgan fingerprint density at radius 2 is 1.35 bits per heavy atom. The minimum Gasteiger partial charge on any atom is -0.508 e. The number of rotatable bonds is 12. The lowest BCUT2D eigenvalue weighted by Crippen LogP contribution is -2.37. The molecule has 3 aromatic rings. The van der Waals surface area contributed by atoms with E-state index in [0.29, 0.717) is 25.2 Å². The lowest BCUT2D eigenvalue weighted by molar-refractivity contribution is -0.173. The van der Waals surface area contributed by atoms with Crippen molar-refractivity contribution in [1.82, 2.24) is 10.6 Å². The van der Waals surface area contributed by atoms with Gasteiger partial charge in [-0.3, -0.25) is 9.59 Å². The van der Waals surface area contributed by atoms with Crippen molar-refractivity contribution in [2.45, 2.75) is 70.3 Å². The second kappa shape index (κ2) is 18.2. The molecule has 13 heteroatoms. The van der Waals surface area contributed by atoms with Gasteiger partial charge in [-0.2, -0.15) is 26.3 Å². The first-order chi connectivity index (χ1) is 21.8. The van der Waals surface area contributed by atoms with E-state index in [1.807, 2.05) is 99.0 Å². The number of benzene rings is 3. The van der Waals surface area contributed by atoms with Crippen LogP contribution in [0.1, 0.15) is 57.2 Å². The van der Waals surface area contributed by atoms with Gasteiger partial charge in [0, 0.05) is 26.9 Å². The molecule has 0 aromatic heterocycles. The Balaban J connectivity index is 0.000000491. The molecule has 3 radical (unpaired) electrons. The number of amides is 2. The molecule has 0 aliphatic carbocycles. The van der Waals surface area contributed by atoms with Crippen molar-refractivity contribution < 1.29 is 45.8 Å². The van der Waals surface area contributed by atoms with Gasteiger partial charge in [0.2, 0.25) is 0 Å². The van der Waals surface area contributed by atoms with Gasteiger partial charge in [-0.1, -0.05) is 94.4 Å². The zero-order valence-corrected chi connectivity index (χ0v) is 27.2. The quantitative estimate of drug-likeness (QED) is 0.0801. The molecule has 48 heavy (non-hydrogen) atoms. The highest BCUT2D eigenvalue weighted by molar-refractivity contribution is 5.82. The standard InChI is InChI=1S/C21H22F3NO2.C14H18F3NO2.B/c1-20(2,12-7-13-25-19(26)21(22,23)24)17-10-6-11-18(14-17)27-15-16-8-4-3-5-9-16;1-13(2,10-5-3-6-11(19)9-10)7-4-8-18-12(20)14(15,16)17;/h3-12,14H,13,15H2,1-2H3,(H,25,26);3,5-6,9,19H,4,7-8H2,1-2H3,(H,18,20);/b12-7+;;. The maximum absolute atomic E-state index is 12.2. The van der Waals surface area contributed by atoms with Crippen molar-refractivity contribution in [2.24, 2.45) is 0 Å². The molecule has 0 aliphatic heterocycles. The molecule has 3 N–H and O–H groups in total. The zero-order chi connectivity index (χ0) is 35.3. The number of hydrogen-bond donors (Lipinski definition) is 3. The van der Waals surface area contributed by atoms with E-state index in [2.05, 4.69) is 0 Å². The van der Waals surface area contributed by atoms with Crippen LogP contribution >= 0.6 is 0 Å². The van der Waals surface area contributed by atoms with Crippen molar-refractivity contribution in [1.29, 1.82) is 0 Å². The minimum absolute atomic E-state index is 0. The third-order valence-electron chi connectivity index (χ3n) is 7.15. The summed E-state index contributed by atoms with van der Waals surface area (Å²) in [6, 6.07) is 24.1. The fourth-order valence-corrected chi connectivity index (χ4v) is 4.33. The second-order valence-corrected chi connectivity index (χ2v) is 11.9. The summed E-state index contributed by atoms with van der Waals surface area (Å²) in [5, 5.41) is 13.1. The van der Waals surface area contributed by atoms with Gasteiger partial charge in [0.15, 0.2) is 0 Å². The fraction of sp³-hybridized carbons (Fsp3) is 0.371. The van der Waals surface area contributed by atoms with Crippen LogP contribution in [0.4, 0.5) is 26.3 Å². The van der Waals surface area contributed by atoms with E-state index >= 15 is 0 Å². The molecule has 0 heterocycles. The molecule has 0 saturated heterocycles. The summed E-state index contributed by atoms with van der Waals surface area (Å²) in [5.41, 5.74) is 2.19. The summed E-state index contributed by atoms with van der Waals surface area (Å²) in [6.45, 7) is 7.98. The number of alkyl halides is 6. The topological polar surface area (TPSA) is 87.7 Å². The monoisotopic (exact) mass is 677 g/mol. The molecule has 0 fully saturated rings. The fourth-order valence-electron chi connectivity index (χ4n) is 4.33. The van der Waals surface area contributed by atoms with Crippen LogP contribution in [0.15, 0.2) is 91.0 Å². The molecule has 0 atom stereocenters. The Bertz CT molecular complexity index is 1480. The van der Waals surface area contributed by atoms with E-state index < -0.39 is 29.6 Å². The number of carbonyl (C=O) groups is 2. The van der Waals surface area contributed by atoms with Crippen molar-refractivity contribution in [3.05, 3.63) is 108 Å². The van der Waals surface area contributed by atoms with Crippen LogP contribution in [0.3, 0.4) is 0 Å². The first-order valence-corrected chi connectivity index (χ1v) is 14.8. The number of phenolic OH excluding ortho intramolecular Hbond substituents is 1. The molecule has 6 nitrogen and oxygen atoms in total. The maximum atomic E-state index is 12.2. The Morgan fingerprint density at radius 3 is 1.96 bits per heavy atom. The largest absolute Gasteiger partial charge is 0.508 e. The second-order valence-electron chi connectivity index (χ2n) is 11.9. The molecule has 0 aliphatic rings. The van der Waals surface area contributed by atoms with Crippen LogP contribution < -0.4 is 15.4 Å². The Hall–Kier alpha value is -4.42. The van der Waals surface area contributed by atoms with E-state index in [4.69, 9.17) is 4.74 Å². The highest BCUT2D eigenvalue weighted by atomic mass is 19.4. The third-order valence-corrected chi connectivity index (χ3v) is 7.15. The lowest BCUT2D eigenvalue weighted by Gasteiger charge is -2.25. The van der Waals surface area contributed by atoms with Crippen LogP contribution in [0.5, 0.6) is 11.5 Å². The maximum Gasteiger partial charge on any atom is 0.471 e. The predicted octanol–water partition coefficient (Wildman–Crippen LogP) is 7.53. The van der Waals surface area contributed by atoms with Crippen molar-refractivity contribution in [3.63, 3.8) is 0 Å². The molecule has 0 bridgehead atoms. The first-order valence-electron chi connectivity index (χ1n) is 14.8. The number of phenols is 1. The number of hydrogen-bond acceptors (Lipinski definition) is 4. The summed E-state index contributed by atoms with van der Waals surface area (Å²) < 4.78 is 78.3. The summed E-state index contributed by atoms with van der Waals surface area (Å²) in [5.74, 6) is -2.99. The number of allylic oxidation sites excluding steroid dienone is 1. The van der Waals surface area contributed by atoms with Gasteiger partial charge in [-0.25, -0.2) is 0 Å². The molecule has 259 valence electrons. The van der Waals surface area contributed by atoms with Gasteiger partial charge < -0.3 is 20.5 Å². The van der Waals surface area contributed by atoms with E-state index in [-0.39, 0.29) is 32.7 Å². The molecule has 3 aromatic carbocycles. The average molecular weight is 678 g/mol. The van der Waals surface area contributed by atoms with Crippen molar-refractivity contribution in [2.75, 3.05) is 13.1 Å².